The molecular formula is C13H23ClO4S. The molecule has 2 aliphatic rings. The van der Waals surface area contributed by atoms with Crippen molar-refractivity contribution in [3.63, 3.8) is 0 Å². The van der Waals surface area contributed by atoms with Gasteiger partial charge in [-0.05, 0) is 31.6 Å². The summed E-state index contributed by atoms with van der Waals surface area (Å²) in [5.41, 5.74) is -0.350. The molecule has 19 heavy (non-hydrogen) atoms. The average Bonchev–Trinajstić information content (AvgIpc) is 2.81. The Morgan fingerprint density at radius 3 is 2.42 bits per heavy atom. The topological polar surface area (TPSA) is 52.6 Å². The van der Waals surface area contributed by atoms with Crippen LogP contribution in [0.5, 0.6) is 0 Å². The highest BCUT2D eigenvalue weighted by Gasteiger charge is 2.37. The van der Waals surface area contributed by atoms with Crippen LogP contribution in [0.25, 0.3) is 0 Å². The van der Waals surface area contributed by atoms with Gasteiger partial charge >= 0.3 is 0 Å². The third kappa shape index (κ3) is 5.21. The molecule has 0 atom stereocenters. The third-order valence-corrected chi connectivity index (χ3v) is 5.55. The summed E-state index contributed by atoms with van der Waals surface area (Å²) >= 11 is 0. The lowest BCUT2D eigenvalue weighted by Crippen LogP contribution is -2.39. The van der Waals surface area contributed by atoms with Crippen LogP contribution in [-0.4, -0.2) is 40.6 Å². The fourth-order valence-corrected chi connectivity index (χ4v) is 4.92. The van der Waals surface area contributed by atoms with Crippen LogP contribution in [0.1, 0.15) is 38.5 Å². The molecule has 0 aromatic rings. The minimum atomic E-state index is -3.49. The van der Waals surface area contributed by atoms with E-state index >= 15 is 0 Å². The zero-order valence-corrected chi connectivity index (χ0v) is 12.8. The molecule has 0 amide bonds. The first-order valence-corrected chi connectivity index (χ1v) is 9.55. The largest absolute Gasteiger partial charge is 0.381 e. The van der Waals surface area contributed by atoms with E-state index in [1.165, 1.54) is 25.7 Å². The Balaban J connectivity index is 1.85. The van der Waals surface area contributed by atoms with Crippen molar-refractivity contribution in [3.8, 4) is 0 Å². The number of halogens is 1. The predicted molar refractivity (Wildman–Crippen MR) is 74.9 cm³/mol. The second-order valence-electron chi connectivity index (χ2n) is 5.96. The summed E-state index contributed by atoms with van der Waals surface area (Å²) in [5.74, 6) is 0.653. The van der Waals surface area contributed by atoms with Crippen molar-refractivity contribution < 1.29 is 17.9 Å². The highest BCUT2D eigenvalue weighted by atomic mass is 35.7. The van der Waals surface area contributed by atoms with Gasteiger partial charge in [-0.25, -0.2) is 8.42 Å². The van der Waals surface area contributed by atoms with Gasteiger partial charge in [-0.1, -0.05) is 12.8 Å². The minimum absolute atomic E-state index is 0.00438. The van der Waals surface area contributed by atoms with Gasteiger partial charge in [-0.3, -0.25) is 0 Å². The second kappa shape index (κ2) is 6.74. The number of hydrogen-bond acceptors (Lipinski definition) is 4. The van der Waals surface area contributed by atoms with Crippen LogP contribution in [-0.2, 0) is 18.5 Å². The molecule has 0 bridgehead atoms. The first kappa shape index (κ1) is 15.5. The Kier molecular flexibility index (Phi) is 5.52. The van der Waals surface area contributed by atoms with Gasteiger partial charge in [0, 0.05) is 35.9 Å². The van der Waals surface area contributed by atoms with Crippen LogP contribution in [0, 0.1) is 11.3 Å². The SMILES string of the molecule is O=S(=O)(Cl)CC1(COCC2CCCC2)CCOCC1. The van der Waals surface area contributed by atoms with E-state index in [1.54, 1.807) is 0 Å². The van der Waals surface area contributed by atoms with Crippen LogP contribution in [0.2, 0.25) is 0 Å². The molecule has 0 spiro atoms. The Labute approximate surface area is 120 Å². The maximum absolute atomic E-state index is 11.4. The Morgan fingerprint density at radius 2 is 1.84 bits per heavy atom. The van der Waals surface area contributed by atoms with Crippen molar-refractivity contribution in [1.29, 1.82) is 0 Å². The van der Waals surface area contributed by atoms with Gasteiger partial charge in [0.1, 0.15) is 0 Å². The molecular weight excluding hydrogens is 288 g/mol. The lowest BCUT2D eigenvalue weighted by Gasteiger charge is -2.36. The van der Waals surface area contributed by atoms with Crippen molar-refractivity contribution in [3.05, 3.63) is 0 Å². The van der Waals surface area contributed by atoms with E-state index in [1.807, 2.05) is 0 Å². The molecule has 2 fully saturated rings. The molecule has 1 aliphatic heterocycles. The molecule has 0 aromatic carbocycles. The summed E-state index contributed by atoms with van der Waals surface area (Å²) in [6.45, 7) is 2.43. The van der Waals surface area contributed by atoms with Crippen molar-refractivity contribution in [1.82, 2.24) is 0 Å². The smallest absolute Gasteiger partial charge is 0.233 e. The standard InChI is InChI=1S/C13H23ClO4S/c14-19(15,16)11-13(5-7-17-8-6-13)10-18-9-12-3-1-2-4-12/h12H,1-11H2. The maximum Gasteiger partial charge on any atom is 0.233 e. The molecule has 0 N–H and O–H groups in total. The lowest BCUT2D eigenvalue weighted by atomic mass is 9.83. The van der Waals surface area contributed by atoms with Crippen LogP contribution >= 0.6 is 10.7 Å². The highest BCUT2D eigenvalue weighted by molar-refractivity contribution is 8.13. The predicted octanol–water partition coefficient (Wildman–Crippen LogP) is 2.56. The van der Waals surface area contributed by atoms with Gasteiger partial charge in [0.25, 0.3) is 0 Å². The molecule has 1 saturated heterocycles. The van der Waals surface area contributed by atoms with Gasteiger partial charge in [0.05, 0.1) is 12.4 Å². The highest BCUT2D eigenvalue weighted by Crippen LogP contribution is 2.34. The van der Waals surface area contributed by atoms with Crippen molar-refractivity contribution >= 4 is 19.7 Å². The zero-order valence-electron chi connectivity index (χ0n) is 11.3. The fourth-order valence-electron chi connectivity index (χ4n) is 3.12. The summed E-state index contributed by atoms with van der Waals surface area (Å²) in [7, 11) is 1.94. The number of hydrogen-bond donors (Lipinski definition) is 0. The molecule has 1 saturated carbocycles. The molecule has 1 heterocycles. The van der Waals surface area contributed by atoms with Gasteiger partial charge < -0.3 is 9.47 Å². The molecule has 0 aromatic heterocycles. The molecule has 112 valence electrons. The number of ether oxygens (including phenoxy) is 2. The molecule has 2 rings (SSSR count). The monoisotopic (exact) mass is 310 g/mol. The third-order valence-electron chi connectivity index (χ3n) is 4.27. The van der Waals surface area contributed by atoms with Gasteiger partial charge in [-0.15, -0.1) is 0 Å². The summed E-state index contributed by atoms with van der Waals surface area (Å²) in [4.78, 5) is 0. The minimum Gasteiger partial charge on any atom is -0.381 e. The second-order valence-corrected chi connectivity index (χ2v) is 8.74. The molecule has 6 heteroatoms. The molecule has 0 unspecified atom stereocenters. The van der Waals surface area contributed by atoms with E-state index in [4.69, 9.17) is 20.2 Å². The summed E-state index contributed by atoms with van der Waals surface area (Å²) in [6, 6.07) is 0. The van der Waals surface area contributed by atoms with Crippen LogP contribution < -0.4 is 0 Å². The quantitative estimate of drug-likeness (QED) is 0.708. The summed E-state index contributed by atoms with van der Waals surface area (Å²) < 4.78 is 33.9. The van der Waals surface area contributed by atoms with Crippen molar-refractivity contribution in [2.75, 3.05) is 32.2 Å². The van der Waals surface area contributed by atoms with Crippen LogP contribution in [0.4, 0.5) is 0 Å². The summed E-state index contributed by atoms with van der Waals surface area (Å²) in [5, 5.41) is 0. The first-order chi connectivity index (χ1) is 8.99. The van der Waals surface area contributed by atoms with E-state index in [0.29, 0.717) is 38.6 Å². The zero-order chi connectivity index (χ0) is 13.8. The Hall–Kier alpha value is 0.160. The van der Waals surface area contributed by atoms with Gasteiger partial charge in [0.15, 0.2) is 0 Å². The molecule has 0 radical (unpaired) electrons. The van der Waals surface area contributed by atoms with Gasteiger partial charge in [0.2, 0.25) is 9.05 Å². The van der Waals surface area contributed by atoms with Crippen LogP contribution in [0.15, 0.2) is 0 Å². The molecule has 4 nitrogen and oxygen atoms in total. The van der Waals surface area contributed by atoms with Gasteiger partial charge in [-0.2, -0.15) is 0 Å². The average molecular weight is 311 g/mol. The molecule has 1 aliphatic carbocycles. The summed E-state index contributed by atoms with van der Waals surface area (Å²) in [6.07, 6.45) is 6.49. The Morgan fingerprint density at radius 1 is 1.21 bits per heavy atom. The van der Waals surface area contributed by atoms with E-state index in [0.717, 1.165) is 6.61 Å². The maximum atomic E-state index is 11.4. The van der Waals surface area contributed by atoms with Crippen LogP contribution in [0.3, 0.4) is 0 Å². The fraction of sp³-hybridized carbons (Fsp3) is 1.00. The van der Waals surface area contributed by atoms with E-state index < -0.39 is 9.05 Å². The van der Waals surface area contributed by atoms with Crippen molar-refractivity contribution in [2.24, 2.45) is 11.3 Å². The van der Waals surface area contributed by atoms with E-state index in [-0.39, 0.29) is 11.2 Å². The van der Waals surface area contributed by atoms with Crippen molar-refractivity contribution in [2.45, 2.75) is 38.5 Å². The van der Waals surface area contributed by atoms with E-state index in [9.17, 15) is 8.42 Å². The van der Waals surface area contributed by atoms with E-state index in [2.05, 4.69) is 0 Å². The lowest BCUT2D eigenvalue weighted by molar-refractivity contribution is -0.0344. The Bertz CT molecular complexity index is 370. The number of rotatable bonds is 6. The normalized spacial score (nSPS) is 24.7. The first-order valence-electron chi connectivity index (χ1n) is 7.07.